The molecule has 0 spiro atoms. The Hall–Kier alpha value is -2.64. The molecule has 4 N–H and O–H groups in total. The highest BCUT2D eigenvalue weighted by Gasteiger charge is 2.37. The zero-order valence-electron chi connectivity index (χ0n) is 14.2. The SMILES string of the molecule is NCc1cccc(CC(=O)C[C@H]2Cc3cccc(C(=O)O)c3OB2O)c1. The van der Waals surface area contributed by atoms with E-state index >= 15 is 0 Å². The van der Waals surface area contributed by atoms with Crippen LogP contribution in [-0.4, -0.2) is 29.0 Å². The van der Waals surface area contributed by atoms with Gasteiger partial charge in [0.05, 0.1) is 5.56 Å². The zero-order chi connectivity index (χ0) is 18.7. The monoisotopic (exact) mass is 353 g/mol. The Morgan fingerprint density at radius 2 is 1.92 bits per heavy atom. The number of Topliss-reactive ketones (excluding diaryl/α,β-unsaturated/α-hetero) is 1. The summed E-state index contributed by atoms with van der Waals surface area (Å²) in [5, 5.41) is 19.5. The zero-order valence-corrected chi connectivity index (χ0v) is 14.2. The molecule has 7 heteroatoms. The molecule has 1 aliphatic rings. The van der Waals surface area contributed by atoms with Crippen molar-refractivity contribution < 1.29 is 24.4 Å². The predicted octanol–water partition coefficient (Wildman–Crippen LogP) is 1.83. The molecule has 0 fully saturated rings. The molecule has 26 heavy (non-hydrogen) atoms. The Balaban J connectivity index is 1.70. The van der Waals surface area contributed by atoms with Crippen LogP contribution in [0.2, 0.25) is 5.82 Å². The highest BCUT2D eigenvalue weighted by atomic mass is 16.5. The van der Waals surface area contributed by atoms with Crippen molar-refractivity contribution in [1.29, 1.82) is 0 Å². The van der Waals surface area contributed by atoms with Gasteiger partial charge >= 0.3 is 13.1 Å². The van der Waals surface area contributed by atoms with Crippen LogP contribution in [0.15, 0.2) is 42.5 Å². The molecular weight excluding hydrogens is 333 g/mol. The van der Waals surface area contributed by atoms with Gasteiger partial charge in [-0.2, -0.15) is 0 Å². The van der Waals surface area contributed by atoms with Crippen LogP contribution < -0.4 is 10.4 Å². The number of carboxylic acids is 1. The fraction of sp³-hybridized carbons (Fsp3) is 0.263. The molecule has 0 aliphatic carbocycles. The molecule has 134 valence electrons. The van der Waals surface area contributed by atoms with Crippen LogP contribution >= 0.6 is 0 Å². The normalized spacial score (nSPS) is 15.9. The van der Waals surface area contributed by atoms with Gasteiger partial charge in [0.1, 0.15) is 11.5 Å². The van der Waals surface area contributed by atoms with Gasteiger partial charge < -0.3 is 20.5 Å². The Kier molecular flexibility index (Phi) is 5.39. The van der Waals surface area contributed by atoms with E-state index < -0.39 is 18.9 Å². The number of hydrogen-bond donors (Lipinski definition) is 3. The summed E-state index contributed by atoms with van der Waals surface area (Å²) in [6.07, 6.45) is 0.816. The van der Waals surface area contributed by atoms with Gasteiger partial charge in [-0.15, -0.1) is 0 Å². The molecule has 1 heterocycles. The van der Waals surface area contributed by atoms with Gasteiger partial charge in [0.2, 0.25) is 0 Å². The van der Waals surface area contributed by atoms with Gasteiger partial charge in [-0.3, -0.25) is 4.79 Å². The second-order valence-electron chi connectivity index (χ2n) is 6.52. The number of ketones is 1. The summed E-state index contributed by atoms with van der Waals surface area (Å²) < 4.78 is 5.43. The maximum absolute atomic E-state index is 12.4. The van der Waals surface area contributed by atoms with E-state index in [1.807, 2.05) is 24.3 Å². The van der Waals surface area contributed by atoms with Gasteiger partial charge in [-0.25, -0.2) is 4.79 Å². The average Bonchev–Trinajstić information content (AvgIpc) is 2.61. The highest BCUT2D eigenvalue weighted by Crippen LogP contribution is 2.36. The number of aromatic carboxylic acids is 1. The number of para-hydroxylation sites is 1. The minimum absolute atomic E-state index is 0.00957. The summed E-state index contributed by atoms with van der Waals surface area (Å²) in [6.45, 7) is 0.417. The molecular formula is C19H20BNO5. The number of hydrogen-bond acceptors (Lipinski definition) is 5. The van der Waals surface area contributed by atoms with E-state index in [-0.39, 0.29) is 29.9 Å². The topological polar surface area (TPSA) is 110 Å². The van der Waals surface area contributed by atoms with Gasteiger partial charge in [-0.05, 0) is 29.2 Å². The van der Waals surface area contributed by atoms with Crippen molar-refractivity contribution in [3.05, 3.63) is 64.7 Å². The first-order chi connectivity index (χ1) is 12.5. The molecule has 2 aromatic rings. The molecule has 1 aliphatic heterocycles. The fourth-order valence-electron chi connectivity index (χ4n) is 3.29. The second kappa shape index (κ2) is 7.72. The smallest absolute Gasteiger partial charge is 0.526 e. The lowest BCUT2D eigenvalue weighted by Crippen LogP contribution is -2.36. The molecule has 0 bridgehead atoms. The summed E-state index contributed by atoms with van der Waals surface area (Å²) in [7, 11) is -1.21. The van der Waals surface area contributed by atoms with Gasteiger partial charge in [0.25, 0.3) is 0 Å². The van der Waals surface area contributed by atoms with Crippen molar-refractivity contribution in [2.45, 2.75) is 31.6 Å². The van der Waals surface area contributed by atoms with E-state index in [2.05, 4.69) is 0 Å². The molecule has 3 rings (SSSR count). The summed E-state index contributed by atoms with van der Waals surface area (Å²) >= 11 is 0. The Bertz CT molecular complexity index is 838. The molecule has 2 aromatic carbocycles. The second-order valence-corrected chi connectivity index (χ2v) is 6.52. The minimum Gasteiger partial charge on any atom is -0.535 e. The van der Waals surface area contributed by atoms with Gasteiger partial charge in [0, 0.05) is 25.2 Å². The van der Waals surface area contributed by atoms with E-state index in [0.29, 0.717) is 18.5 Å². The maximum Gasteiger partial charge on any atom is 0.526 e. The maximum atomic E-state index is 12.4. The van der Waals surface area contributed by atoms with Crippen molar-refractivity contribution in [3.8, 4) is 5.75 Å². The van der Waals surface area contributed by atoms with E-state index in [1.54, 1.807) is 12.1 Å². The van der Waals surface area contributed by atoms with Crippen LogP contribution in [0.5, 0.6) is 5.75 Å². The van der Waals surface area contributed by atoms with Crippen molar-refractivity contribution in [1.82, 2.24) is 0 Å². The largest absolute Gasteiger partial charge is 0.535 e. The number of carbonyl (C=O) groups is 2. The van der Waals surface area contributed by atoms with Crippen LogP contribution in [0.3, 0.4) is 0 Å². The molecule has 0 unspecified atom stereocenters. The van der Waals surface area contributed by atoms with E-state index in [0.717, 1.165) is 11.1 Å². The quantitative estimate of drug-likeness (QED) is 0.684. The lowest BCUT2D eigenvalue weighted by atomic mass is 9.64. The third-order valence-electron chi connectivity index (χ3n) is 4.57. The summed E-state index contributed by atoms with van der Waals surface area (Å²) in [6, 6.07) is 12.4. The number of carbonyl (C=O) groups excluding carboxylic acids is 1. The molecule has 0 saturated carbocycles. The summed E-state index contributed by atoms with van der Waals surface area (Å²) in [5.74, 6) is -1.34. The average molecular weight is 353 g/mol. The van der Waals surface area contributed by atoms with Gasteiger partial charge in [0.15, 0.2) is 0 Å². The number of rotatable bonds is 6. The van der Waals surface area contributed by atoms with Crippen molar-refractivity contribution in [3.63, 3.8) is 0 Å². The van der Waals surface area contributed by atoms with E-state index in [9.17, 15) is 19.7 Å². The van der Waals surface area contributed by atoms with Crippen LogP contribution in [0.1, 0.15) is 33.5 Å². The molecule has 0 radical (unpaired) electrons. The van der Waals surface area contributed by atoms with Gasteiger partial charge in [-0.1, -0.05) is 36.4 Å². The molecule has 0 aromatic heterocycles. The Morgan fingerprint density at radius 1 is 1.19 bits per heavy atom. The third-order valence-corrected chi connectivity index (χ3v) is 4.57. The molecule has 1 atom stereocenters. The number of carboxylic acid groups (broad SMARTS) is 1. The predicted molar refractivity (Wildman–Crippen MR) is 97.1 cm³/mol. The third kappa shape index (κ3) is 3.95. The van der Waals surface area contributed by atoms with Crippen molar-refractivity contribution in [2.75, 3.05) is 0 Å². The summed E-state index contributed by atoms with van der Waals surface area (Å²) in [4.78, 5) is 23.7. The van der Waals surface area contributed by atoms with E-state index in [4.69, 9.17) is 10.4 Å². The number of nitrogens with two attached hydrogens (primary N) is 1. The lowest BCUT2D eigenvalue weighted by molar-refractivity contribution is -0.118. The molecule has 6 nitrogen and oxygen atoms in total. The lowest BCUT2D eigenvalue weighted by Gasteiger charge is -2.28. The Labute approximate surface area is 151 Å². The first-order valence-corrected chi connectivity index (χ1v) is 8.47. The number of fused-ring (bicyclic) bond motifs is 1. The Morgan fingerprint density at radius 3 is 2.65 bits per heavy atom. The number of benzene rings is 2. The van der Waals surface area contributed by atoms with Crippen molar-refractivity contribution in [2.24, 2.45) is 5.73 Å². The standard InChI is InChI=1S/C19H20BNO5/c21-11-13-4-1-3-12(7-13)8-16(22)10-15-9-14-5-2-6-17(19(23)24)18(14)26-20(15)25/h1-7,15,25H,8-11,21H2,(H,23,24)/t15-/m1/s1. The first-order valence-electron chi connectivity index (χ1n) is 8.47. The van der Waals surface area contributed by atoms with Crippen LogP contribution in [-0.2, 0) is 24.2 Å². The molecule has 0 saturated heterocycles. The summed E-state index contributed by atoms with van der Waals surface area (Å²) in [5.41, 5.74) is 8.18. The van der Waals surface area contributed by atoms with Crippen LogP contribution in [0, 0.1) is 0 Å². The van der Waals surface area contributed by atoms with Crippen LogP contribution in [0.4, 0.5) is 0 Å². The minimum atomic E-state index is -1.21. The first kappa shape index (κ1) is 18.2. The van der Waals surface area contributed by atoms with Crippen molar-refractivity contribution >= 4 is 18.9 Å². The van der Waals surface area contributed by atoms with E-state index in [1.165, 1.54) is 6.07 Å². The molecule has 0 amide bonds. The van der Waals surface area contributed by atoms with Crippen LogP contribution in [0.25, 0.3) is 0 Å². The highest BCUT2D eigenvalue weighted by molar-refractivity contribution is 6.47. The fourth-order valence-corrected chi connectivity index (χ4v) is 3.29.